The van der Waals surface area contributed by atoms with Gasteiger partial charge in [0.15, 0.2) is 0 Å². The number of halogens is 3. The van der Waals surface area contributed by atoms with Crippen LogP contribution in [0.5, 0.6) is 5.75 Å². The van der Waals surface area contributed by atoms with Crippen LogP contribution in [0.4, 0.5) is 18.9 Å². The summed E-state index contributed by atoms with van der Waals surface area (Å²) >= 11 is 0. The van der Waals surface area contributed by atoms with Gasteiger partial charge < -0.3 is 10.5 Å². The van der Waals surface area contributed by atoms with E-state index in [4.69, 9.17) is 10.5 Å². The lowest BCUT2D eigenvalue weighted by Gasteiger charge is -2.27. The largest absolute Gasteiger partial charge is 0.497 e. The summed E-state index contributed by atoms with van der Waals surface area (Å²) in [6.07, 6.45) is -2.92. The van der Waals surface area contributed by atoms with Crippen molar-refractivity contribution in [3.8, 4) is 5.75 Å². The minimum absolute atomic E-state index is 0.0273. The van der Waals surface area contributed by atoms with Crippen molar-refractivity contribution < 1.29 is 17.9 Å². The van der Waals surface area contributed by atoms with E-state index in [1.807, 2.05) is 11.0 Å². The van der Waals surface area contributed by atoms with Gasteiger partial charge in [-0.15, -0.1) is 0 Å². The van der Waals surface area contributed by atoms with Crippen LogP contribution < -0.4 is 10.5 Å². The highest BCUT2D eigenvalue weighted by Crippen LogP contribution is 2.31. The fourth-order valence-electron chi connectivity index (χ4n) is 2.20. The summed E-state index contributed by atoms with van der Waals surface area (Å²) in [4.78, 5) is 1.94. The molecular weight excluding hydrogens is 269 g/mol. The number of hydrogen-bond acceptors (Lipinski definition) is 3. The summed E-state index contributed by atoms with van der Waals surface area (Å²) < 4.78 is 42.6. The van der Waals surface area contributed by atoms with Crippen LogP contribution in [0.1, 0.15) is 12.0 Å². The number of hydrogen-bond donors (Lipinski definition) is 1. The van der Waals surface area contributed by atoms with E-state index < -0.39 is 11.7 Å². The molecule has 0 radical (unpaired) electrons. The summed E-state index contributed by atoms with van der Waals surface area (Å²) in [6, 6.07) is 5.36. The Labute approximate surface area is 115 Å². The van der Waals surface area contributed by atoms with E-state index in [1.165, 1.54) is 6.08 Å². The predicted molar refractivity (Wildman–Crippen MR) is 71.4 cm³/mol. The molecule has 110 valence electrons. The molecule has 0 bridgehead atoms. The molecule has 0 unspecified atom stereocenters. The van der Waals surface area contributed by atoms with Gasteiger partial charge in [0.1, 0.15) is 5.75 Å². The van der Waals surface area contributed by atoms with E-state index >= 15 is 0 Å². The van der Waals surface area contributed by atoms with Crippen LogP contribution in [0.15, 0.2) is 29.8 Å². The van der Waals surface area contributed by atoms with Crippen LogP contribution >= 0.6 is 0 Å². The van der Waals surface area contributed by atoms with Gasteiger partial charge in [-0.25, -0.2) is 0 Å². The van der Waals surface area contributed by atoms with E-state index in [0.29, 0.717) is 31.1 Å². The van der Waals surface area contributed by atoms with Crippen molar-refractivity contribution in [2.24, 2.45) is 0 Å². The van der Waals surface area contributed by atoms with Gasteiger partial charge in [-0.1, -0.05) is 12.1 Å². The molecule has 1 aromatic carbocycles. The Morgan fingerprint density at radius 1 is 1.35 bits per heavy atom. The van der Waals surface area contributed by atoms with Gasteiger partial charge in [0, 0.05) is 37.0 Å². The predicted octanol–water partition coefficient (Wildman–Crippen LogP) is 2.97. The monoisotopic (exact) mass is 286 g/mol. The second kappa shape index (κ2) is 5.75. The second-order valence-corrected chi connectivity index (χ2v) is 4.78. The molecule has 0 amide bonds. The first-order valence-electron chi connectivity index (χ1n) is 6.31. The highest BCUT2D eigenvalue weighted by Gasteiger charge is 2.34. The molecule has 1 heterocycles. The van der Waals surface area contributed by atoms with Crippen molar-refractivity contribution in [3.63, 3.8) is 0 Å². The first kappa shape index (κ1) is 14.7. The molecule has 2 rings (SSSR count). The summed E-state index contributed by atoms with van der Waals surface area (Å²) in [5, 5.41) is 0. The average molecular weight is 286 g/mol. The summed E-state index contributed by atoms with van der Waals surface area (Å²) in [5.41, 5.74) is 6.97. The van der Waals surface area contributed by atoms with Gasteiger partial charge in [-0.05, 0) is 18.1 Å². The molecule has 3 nitrogen and oxygen atoms in total. The zero-order valence-electron chi connectivity index (χ0n) is 11.2. The molecule has 0 fully saturated rings. The molecule has 0 spiro atoms. The van der Waals surface area contributed by atoms with Gasteiger partial charge in [-0.2, -0.15) is 13.2 Å². The average Bonchev–Trinajstić information content (AvgIpc) is 2.40. The van der Waals surface area contributed by atoms with E-state index in [9.17, 15) is 13.2 Å². The smallest absolute Gasteiger partial charge is 0.412 e. The quantitative estimate of drug-likeness (QED) is 0.686. The highest BCUT2D eigenvalue weighted by molar-refractivity contribution is 5.51. The SMILES string of the molecule is COc1ccc(CN2CC=C(C(F)(F)F)CC2)c(N)c1. The number of nitrogens with zero attached hydrogens (tertiary/aromatic N) is 1. The highest BCUT2D eigenvalue weighted by atomic mass is 19.4. The zero-order chi connectivity index (χ0) is 14.8. The van der Waals surface area contributed by atoms with Crippen molar-refractivity contribution >= 4 is 5.69 Å². The maximum atomic E-state index is 12.5. The Morgan fingerprint density at radius 2 is 2.10 bits per heavy atom. The number of rotatable bonds is 3. The summed E-state index contributed by atoms with van der Waals surface area (Å²) in [5.74, 6) is 0.671. The molecular formula is C14H17F3N2O. The fourth-order valence-corrected chi connectivity index (χ4v) is 2.20. The standard InChI is InChI=1S/C14H17F3N2O/c1-20-12-3-2-10(13(18)8-12)9-19-6-4-11(5-7-19)14(15,16)17/h2-4,8H,5-7,9,18H2,1H3. The van der Waals surface area contributed by atoms with Crippen molar-refractivity contribution in [2.75, 3.05) is 25.9 Å². The second-order valence-electron chi connectivity index (χ2n) is 4.78. The van der Waals surface area contributed by atoms with Gasteiger partial charge in [0.2, 0.25) is 0 Å². The van der Waals surface area contributed by atoms with Crippen molar-refractivity contribution in [2.45, 2.75) is 19.1 Å². The number of ether oxygens (including phenoxy) is 1. The number of methoxy groups -OCH3 is 1. The Morgan fingerprint density at radius 3 is 2.60 bits per heavy atom. The number of anilines is 1. The van der Waals surface area contributed by atoms with Crippen LogP contribution in [0.3, 0.4) is 0 Å². The first-order valence-corrected chi connectivity index (χ1v) is 6.31. The third-order valence-electron chi connectivity index (χ3n) is 3.40. The Hall–Kier alpha value is -1.69. The maximum Gasteiger partial charge on any atom is 0.412 e. The Kier molecular flexibility index (Phi) is 4.23. The van der Waals surface area contributed by atoms with E-state index in [-0.39, 0.29) is 6.42 Å². The van der Waals surface area contributed by atoms with Crippen molar-refractivity contribution in [1.82, 2.24) is 4.90 Å². The van der Waals surface area contributed by atoms with Gasteiger partial charge >= 0.3 is 6.18 Å². The minimum Gasteiger partial charge on any atom is -0.497 e. The molecule has 1 aromatic rings. The van der Waals surface area contributed by atoms with Crippen LogP contribution in [-0.4, -0.2) is 31.3 Å². The lowest BCUT2D eigenvalue weighted by Crippen LogP contribution is -2.31. The third kappa shape index (κ3) is 3.45. The van der Waals surface area contributed by atoms with Crippen LogP contribution in [-0.2, 0) is 6.54 Å². The number of benzene rings is 1. The maximum absolute atomic E-state index is 12.5. The van der Waals surface area contributed by atoms with E-state index in [0.717, 1.165) is 5.56 Å². The van der Waals surface area contributed by atoms with Crippen molar-refractivity contribution in [3.05, 3.63) is 35.4 Å². The molecule has 0 saturated heterocycles. The topological polar surface area (TPSA) is 38.5 Å². The lowest BCUT2D eigenvalue weighted by molar-refractivity contribution is -0.0960. The molecule has 20 heavy (non-hydrogen) atoms. The van der Waals surface area contributed by atoms with E-state index in [1.54, 1.807) is 19.2 Å². The lowest BCUT2D eigenvalue weighted by atomic mass is 10.1. The molecule has 0 atom stereocenters. The minimum atomic E-state index is -4.20. The molecule has 2 N–H and O–H groups in total. The Bertz CT molecular complexity index is 512. The van der Waals surface area contributed by atoms with Crippen LogP contribution in [0.25, 0.3) is 0 Å². The van der Waals surface area contributed by atoms with Gasteiger partial charge in [0.05, 0.1) is 7.11 Å². The van der Waals surface area contributed by atoms with Gasteiger partial charge in [0.25, 0.3) is 0 Å². The molecule has 0 saturated carbocycles. The molecule has 6 heteroatoms. The zero-order valence-corrected chi connectivity index (χ0v) is 11.2. The fraction of sp³-hybridized carbons (Fsp3) is 0.429. The number of alkyl halides is 3. The first-order chi connectivity index (χ1) is 9.40. The van der Waals surface area contributed by atoms with Crippen LogP contribution in [0.2, 0.25) is 0 Å². The number of nitrogen functional groups attached to an aromatic ring is 1. The van der Waals surface area contributed by atoms with E-state index in [2.05, 4.69) is 0 Å². The molecule has 0 aliphatic carbocycles. The van der Waals surface area contributed by atoms with Crippen molar-refractivity contribution in [1.29, 1.82) is 0 Å². The van der Waals surface area contributed by atoms with Gasteiger partial charge in [-0.3, -0.25) is 4.90 Å². The normalized spacial score (nSPS) is 16.9. The Balaban J connectivity index is 2.01. The number of nitrogens with two attached hydrogens (primary N) is 1. The summed E-state index contributed by atoms with van der Waals surface area (Å²) in [6.45, 7) is 1.22. The molecule has 1 aliphatic rings. The summed E-state index contributed by atoms with van der Waals surface area (Å²) in [7, 11) is 1.56. The molecule has 1 aliphatic heterocycles. The third-order valence-corrected chi connectivity index (χ3v) is 3.40. The molecule has 0 aromatic heterocycles. The van der Waals surface area contributed by atoms with Crippen LogP contribution in [0, 0.1) is 0 Å².